The van der Waals surface area contributed by atoms with Crippen molar-refractivity contribution in [3.05, 3.63) is 29.8 Å². The van der Waals surface area contributed by atoms with Crippen LogP contribution in [-0.2, 0) is 16.1 Å². The van der Waals surface area contributed by atoms with Crippen LogP contribution in [0.4, 0.5) is 0 Å². The van der Waals surface area contributed by atoms with Gasteiger partial charge in [-0.2, -0.15) is 4.99 Å². The number of carbonyl (C=O) groups excluding carboxylic acids is 2. The first-order valence-corrected chi connectivity index (χ1v) is 5.68. The van der Waals surface area contributed by atoms with E-state index in [1.54, 1.807) is 38.2 Å². The summed E-state index contributed by atoms with van der Waals surface area (Å²) in [5.74, 6) is -0.808. The number of benzene rings is 1. The van der Waals surface area contributed by atoms with Gasteiger partial charge in [-0.15, -0.1) is 0 Å². The number of hydrogen-bond acceptors (Lipinski definition) is 3. The van der Waals surface area contributed by atoms with Crippen molar-refractivity contribution in [1.29, 1.82) is 0 Å². The van der Waals surface area contributed by atoms with Gasteiger partial charge in [0.05, 0.1) is 13.4 Å². The average Bonchev–Trinajstić information content (AvgIpc) is 2.42. The van der Waals surface area contributed by atoms with Crippen LogP contribution in [0.2, 0.25) is 0 Å². The molecule has 1 N–H and O–H groups in total. The van der Waals surface area contributed by atoms with Gasteiger partial charge in [0.15, 0.2) is 0 Å². The monoisotopic (exact) mass is 263 g/mol. The highest BCUT2D eigenvalue weighted by atomic mass is 16.5. The molecule has 19 heavy (non-hydrogen) atoms. The quantitative estimate of drug-likeness (QED) is 0.486. The van der Waals surface area contributed by atoms with Gasteiger partial charge >= 0.3 is 11.8 Å². The number of nitrogens with one attached hydrogen (secondary N) is 1. The predicted molar refractivity (Wildman–Crippen MR) is 72.0 cm³/mol. The van der Waals surface area contributed by atoms with Crippen LogP contribution in [0, 0.1) is 0 Å². The van der Waals surface area contributed by atoms with Gasteiger partial charge < -0.3 is 15.0 Å². The fraction of sp³-hybridized carbons (Fsp3) is 0.308. The number of methoxy groups -OCH3 is 1. The van der Waals surface area contributed by atoms with E-state index in [4.69, 9.17) is 4.74 Å². The second-order valence-electron chi connectivity index (χ2n) is 4.04. The Labute approximate surface area is 112 Å². The zero-order chi connectivity index (χ0) is 14.3. The summed E-state index contributed by atoms with van der Waals surface area (Å²) in [4.78, 5) is 27.8. The highest BCUT2D eigenvalue weighted by Crippen LogP contribution is 2.10. The number of ether oxygens (including phenoxy) is 1. The van der Waals surface area contributed by atoms with Crippen LogP contribution in [0.1, 0.15) is 5.56 Å². The molecule has 0 aliphatic heterocycles. The fourth-order valence-electron chi connectivity index (χ4n) is 1.23. The van der Waals surface area contributed by atoms with Gasteiger partial charge in [0.1, 0.15) is 5.75 Å². The summed E-state index contributed by atoms with van der Waals surface area (Å²) in [6.07, 6.45) is 1.29. The molecule has 6 nitrogen and oxygen atoms in total. The summed E-state index contributed by atoms with van der Waals surface area (Å²) < 4.78 is 5.02. The lowest BCUT2D eigenvalue weighted by Gasteiger charge is -2.05. The third-order valence-electron chi connectivity index (χ3n) is 2.21. The summed E-state index contributed by atoms with van der Waals surface area (Å²) in [6.45, 7) is 0.270. The molecule has 0 atom stereocenters. The molecule has 0 radical (unpaired) electrons. The fourth-order valence-corrected chi connectivity index (χ4v) is 1.23. The van der Waals surface area contributed by atoms with E-state index in [1.807, 2.05) is 12.1 Å². The SMILES string of the molecule is COc1ccc(CNC(=O)C(=O)N=CN(C)C)cc1. The number of nitrogens with zero attached hydrogens (tertiary/aromatic N) is 2. The Balaban J connectivity index is 2.47. The standard InChI is InChI=1S/C13H17N3O3/c1-16(2)9-15-13(18)12(17)14-8-10-4-6-11(19-3)7-5-10/h4-7,9H,8H2,1-3H3,(H,14,17). The molecule has 0 bridgehead atoms. The summed E-state index contributed by atoms with van der Waals surface area (Å²) in [6, 6.07) is 7.19. The van der Waals surface area contributed by atoms with E-state index < -0.39 is 11.8 Å². The van der Waals surface area contributed by atoms with Crippen molar-refractivity contribution in [2.45, 2.75) is 6.54 Å². The van der Waals surface area contributed by atoms with Crippen LogP contribution < -0.4 is 10.1 Å². The van der Waals surface area contributed by atoms with Gasteiger partial charge in [-0.05, 0) is 17.7 Å². The van der Waals surface area contributed by atoms with E-state index in [0.29, 0.717) is 0 Å². The molecule has 1 aromatic carbocycles. The van der Waals surface area contributed by atoms with Gasteiger partial charge in [-0.1, -0.05) is 12.1 Å². The first-order valence-electron chi connectivity index (χ1n) is 5.68. The first-order chi connectivity index (χ1) is 9.02. The number of amides is 2. The minimum atomic E-state index is -0.817. The number of rotatable bonds is 4. The zero-order valence-electron chi connectivity index (χ0n) is 11.2. The number of aliphatic imine (C=N–C) groups is 1. The summed E-state index contributed by atoms with van der Waals surface area (Å²) >= 11 is 0. The largest absolute Gasteiger partial charge is 0.497 e. The Morgan fingerprint density at radius 2 is 1.95 bits per heavy atom. The number of carbonyl (C=O) groups is 2. The molecule has 1 aromatic rings. The normalized spacial score (nSPS) is 10.3. The van der Waals surface area contributed by atoms with E-state index in [2.05, 4.69) is 10.3 Å². The Morgan fingerprint density at radius 3 is 2.47 bits per heavy atom. The van der Waals surface area contributed by atoms with Crippen LogP contribution in [0.5, 0.6) is 5.75 Å². The van der Waals surface area contributed by atoms with Gasteiger partial charge in [-0.3, -0.25) is 9.59 Å². The summed E-state index contributed by atoms with van der Waals surface area (Å²) in [7, 11) is 5.01. The molecule has 0 heterocycles. The lowest BCUT2D eigenvalue weighted by Crippen LogP contribution is -2.30. The summed E-state index contributed by atoms with van der Waals surface area (Å²) in [5.41, 5.74) is 0.874. The molecule has 102 valence electrons. The van der Waals surface area contributed by atoms with Gasteiger partial charge in [0.25, 0.3) is 0 Å². The van der Waals surface area contributed by atoms with Crippen molar-refractivity contribution in [2.24, 2.45) is 4.99 Å². The maximum Gasteiger partial charge on any atom is 0.336 e. The Bertz CT molecular complexity index is 467. The molecule has 6 heteroatoms. The molecular weight excluding hydrogens is 246 g/mol. The molecule has 0 spiro atoms. The molecule has 0 fully saturated rings. The van der Waals surface area contributed by atoms with Crippen molar-refractivity contribution in [3.63, 3.8) is 0 Å². The van der Waals surface area contributed by atoms with E-state index in [0.717, 1.165) is 11.3 Å². The molecule has 1 rings (SSSR count). The second-order valence-corrected chi connectivity index (χ2v) is 4.04. The van der Waals surface area contributed by atoms with Crippen LogP contribution in [0.25, 0.3) is 0 Å². The lowest BCUT2D eigenvalue weighted by molar-refractivity contribution is -0.137. The highest BCUT2D eigenvalue weighted by Gasteiger charge is 2.11. The van der Waals surface area contributed by atoms with Crippen molar-refractivity contribution in [1.82, 2.24) is 10.2 Å². The Morgan fingerprint density at radius 1 is 1.32 bits per heavy atom. The average molecular weight is 263 g/mol. The third kappa shape index (κ3) is 5.20. The zero-order valence-corrected chi connectivity index (χ0v) is 11.2. The Kier molecular flexibility index (Phi) is 5.53. The second kappa shape index (κ2) is 7.15. The molecular formula is C13H17N3O3. The minimum absolute atomic E-state index is 0.270. The summed E-state index contributed by atoms with van der Waals surface area (Å²) in [5, 5.41) is 2.50. The molecule has 0 unspecified atom stereocenters. The van der Waals surface area contributed by atoms with E-state index in [-0.39, 0.29) is 6.54 Å². The molecule has 0 aliphatic carbocycles. The van der Waals surface area contributed by atoms with Crippen LogP contribution in [0.15, 0.2) is 29.3 Å². The van der Waals surface area contributed by atoms with Gasteiger partial charge in [0.2, 0.25) is 0 Å². The van der Waals surface area contributed by atoms with Crippen molar-refractivity contribution < 1.29 is 14.3 Å². The minimum Gasteiger partial charge on any atom is -0.497 e. The van der Waals surface area contributed by atoms with E-state index in [9.17, 15) is 9.59 Å². The van der Waals surface area contributed by atoms with Crippen molar-refractivity contribution >= 4 is 18.2 Å². The van der Waals surface area contributed by atoms with Crippen molar-refractivity contribution in [2.75, 3.05) is 21.2 Å². The molecule has 0 aromatic heterocycles. The molecule has 0 saturated heterocycles. The molecule has 0 aliphatic rings. The van der Waals surface area contributed by atoms with Gasteiger partial charge in [-0.25, -0.2) is 0 Å². The number of hydrogen-bond donors (Lipinski definition) is 1. The predicted octanol–water partition coefficient (Wildman–Crippen LogP) is 0.428. The molecule has 0 saturated carbocycles. The van der Waals surface area contributed by atoms with Gasteiger partial charge in [0, 0.05) is 20.6 Å². The topological polar surface area (TPSA) is 71.0 Å². The van der Waals surface area contributed by atoms with E-state index in [1.165, 1.54) is 6.34 Å². The van der Waals surface area contributed by atoms with E-state index >= 15 is 0 Å². The maximum atomic E-state index is 11.4. The lowest BCUT2D eigenvalue weighted by atomic mass is 10.2. The Hall–Kier alpha value is -2.37. The van der Waals surface area contributed by atoms with Crippen LogP contribution in [0.3, 0.4) is 0 Å². The third-order valence-corrected chi connectivity index (χ3v) is 2.21. The smallest absolute Gasteiger partial charge is 0.336 e. The van der Waals surface area contributed by atoms with Crippen LogP contribution in [-0.4, -0.2) is 44.3 Å². The maximum absolute atomic E-state index is 11.4. The highest BCUT2D eigenvalue weighted by molar-refractivity contribution is 6.36. The molecule has 2 amide bonds. The van der Waals surface area contributed by atoms with Crippen LogP contribution >= 0.6 is 0 Å². The van der Waals surface area contributed by atoms with Crippen molar-refractivity contribution in [3.8, 4) is 5.75 Å². The first kappa shape index (κ1) is 14.7.